The summed E-state index contributed by atoms with van der Waals surface area (Å²) in [7, 11) is 0. The number of hydrogen-bond acceptors (Lipinski definition) is 3. The van der Waals surface area contributed by atoms with Gasteiger partial charge in [-0.25, -0.2) is 0 Å². The number of carbonyl (C=O) groups is 2. The summed E-state index contributed by atoms with van der Waals surface area (Å²) in [5.41, 5.74) is 0.829. The normalized spacial score (nSPS) is 7.81. The number of nitrogens with one attached hydrogen (secondary N) is 1. The van der Waals surface area contributed by atoms with Gasteiger partial charge in [-0.1, -0.05) is 18.2 Å². The molecule has 0 fully saturated rings. The number of aliphatic carboxylic acids is 2. The van der Waals surface area contributed by atoms with E-state index in [4.69, 9.17) is 15.0 Å². The van der Waals surface area contributed by atoms with Crippen molar-refractivity contribution < 1.29 is 50.8 Å². The van der Waals surface area contributed by atoms with Crippen molar-refractivity contribution in [3.05, 3.63) is 30.3 Å². The van der Waals surface area contributed by atoms with E-state index in [0.29, 0.717) is 0 Å². The monoisotopic (exact) mass is 235 g/mol. The zero-order valence-corrected chi connectivity index (χ0v) is 11.3. The van der Waals surface area contributed by atoms with Crippen molar-refractivity contribution in [2.75, 3.05) is 11.9 Å². The van der Waals surface area contributed by atoms with Crippen molar-refractivity contribution in [1.82, 2.24) is 0 Å². The molecule has 0 unspecified atom stereocenters. The molecule has 84 valence electrons. The molecule has 0 spiro atoms. The third-order valence-corrected chi connectivity index (χ3v) is 1.22. The molecule has 1 rings (SSSR count). The maximum atomic E-state index is 10.1. The summed E-state index contributed by atoms with van der Waals surface area (Å²) in [5, 5.41) is 18.5. The number of para-hydroxylation sites is 1. The Hall–Kier alpha value is -1.04. The number of anilines is 1. The summed E-state index contributed by atoms with van der Waals surface area (Å²) >= 11 is 0. The summed E-state index contributed by atoms with van der Waals surface area (Å²) in [6.07, 6.45) is 0. The minimum absolute atomic E-state index is 0. The van der Waals surface area contributed by atoms with Gasteiger partial charge in [0.15, 0.2) is 0 Å². The van der Waals surface area contributed by atoms with Crippen LogP contribution in [0.3, 0.4) is 0 Å². The summed E-state index contributed by atoms with van der Waals surface area (Å²) in [5.74, 6) is -1.69. The molecule has 6 heteroatoms. The van der Waals surface area contributed by atoms with Crippen LogP contribution in [0.1, 0.15) is 8.35 Å². The average molecular weight is 235 g/mol. The number of rotatable bonds is 3. The van der Waals surface area contributed by atoms with Crippen molar-refractivity contribution in [3.8, 4) is 0 Å². The molecule has 0 bridgehead atoms. The van der Waals surface area contributed by atoms with Crippen LogP contribution < -0.4 is 34.9 Å². The minimum Gasteiger partial charge on any atom is -1.00 e. The fourth-order valence-corrected chi connectivity index (χ4v) is 0.734. The quantitative estimate of drug-likeness (QED) is 0.549. The van der Waals surface area contributed by atoms with E-state index >= 15 is 0 Å². The fraction of sp³-hybridized carbons (Fsp3) is 0.200. The predicted octanol–water partition coefficient (Wildman–Crippen LogP) is -1.61. The van der Waals surface area contributed by atoms with E-state index in [1.807, 2.05) is 30.3 Å². The van der Waals surface area contributed by atoms with E-state index in [-0.39, 0.29) is 37.5 Å². The summed E-state index contributed by atoms with van der Waals surface area (Å²) in [6, 6.07) is 9.23. The van der Waals surface area contributed by atoms with Gasteiger partial charge in [-0.05, 0) is 12.1 Å². The first-order valence-corrected chi connectivity index (χ1v) is 4.22. The van der Waals surface area contributed by atoms with E-state index in [9.17, 15) is 4.79 Å². The van der Waals surface area contributed by atoms with Gasteiger partial charge < -0.3 is 17.0 Å². The van der Waals surface area contributed by atoms with Crippen LogP contribution >= 0.6 is 0 Å². The Morgan fingerprint density at radius 2 is 1.69 bits per heavy atom. The molecular weight excluding hydrogens is 221 g/mol. The fourth-order valence-electron chi connectivity index (χ4n) is 0.734. The SMILES string of the molecule is CC(=O)O.O=C(O)CNc1ccccc1.[H-].[Na+]. The van der Waals surface area contributed by atoms with Crippen molar-refractivity contribution in [2.45, 2.75) is 6.92 Å². The molecule has 16 heavy (non-hydrogen) atoms. The summed E-state index contributed by atoms with van der Waals surface area (Å²) < 4.78 is 0. The third kappa shape index (κ3) is 13.0. The second-order valence-corrected chi connectivity index (χ2v) is 2.63. The summed E-state index contributed by atoms with van der Waals surface area (Å²) in [6.45, 7) is 1.05. The van der Waals surface area contributed by atoms with Gasteiger partial charge in [-0.2, -0.15) is 0 Å². The third-order valence-electron chi connectivity index (χ3n) is 1.22. The molecule has 0 amide bonds. The molecule has 0 aromatic heterocycles. The number of carboxylic acids is 2. The molecule has 0 aliphatic heterocycles. The van der Waals surface area contributed by atoms with Gasteiger partial charge in [0.25, 0.3) is 5.97 Å². The smallest absolute Gasteiger partial charge is 1.00 e. The van der Waals surface area contributed by atoms with Crippen LogP contribution in [-0.4, -0.2) is 28.7 Å². The van der Waals surface area contributed by atoms with E-state index in [0.717, 1.165) is 12.6 Å². The standard InChI is InChI=1S/C8H9NO2.C2H4O2.Na.H/c10-8(11)6-9-7-4-2-1-3-5-7;1-2(3)4;;/h1-5,9H,6H2,(H,10,11);1H3,(H,3,4);;/q;;+1;-1. The van der Waals surface area contributed by atoms with Crippen LogP contribution in [0, 0.1) is 0 Å². The topological polar surface area (TPSA) is 86.6 Å². The first kappa shape index (κ1) is 17.4. The average Bonchev–Trinajstić information content (AvgIpc) is 2.15. The van der Waals surface area contributed by atoms with Gasteiger partial charge in [0.1, 0.15) is 6.54 Å². The Kier molecular flexibility index (Phi) is 11.4. The van der Waals surface area contributed by atoms with Crippen molar-refractivity contribution in [2.24, 2.45) is 0 Å². The molecule has 1 aromatic carbocycles. The van der Waals surface area contributed by atoms with Gasteiger partial charge in [0, 0.05) is 12.6 Å². The second kappa shape index (κ2) is 10.5. The van der Waals surface area contributed by atoms with Crippen LogP contribution in [0.4, 0.5) is 5.69 Å². The second-order valence-electron chi connectivity index (χ2n) is 2.63. The first-order valence-electron chi connectivity index (χ1n) is 4.22. The predicted molar refractivity (Wildman–Crippen MR) is 57.0 cm³/mol. The van der Waals surface area contributed by atoms with Gasteiger partial charge in [-0.15, -0.1) is 0 Å². The largest absolute Gasteiger partial charge is 1.00 e. The van der Waals surface area contributed by atoms with Crippen molar-refractivity contribution in [3.63, 3.8) is 0 Å². The van der Waals surface area contributed by atoms with Crippen LogP contribution in [0.2, 0.25) is 0 Å². The molecule has 3 N–H and O–H groups in total. The van der Waals surface area contributed by atoms with Gasteiger partial charge in [0.05, 0.1) is 0 Å². The minimum atomic E-state index is -0.853. The maximum absolute atomic E-state index is 10.1. The Morgan fingerprint density at radius 3 is 2.06 bits per heavy atom. The molecule has 5 nitrogen and oxygen atoms in total. The molecule has 1 aromatic rings. The van der Waals surface area contributed by atoms with Gasteiger partial charge in [0.2, 0.25) is 0 Å². The van der Waals surface area contributed by atoms with Gasteiger partial charge >= 0.3 is 35.5 Å². The molecule has 0 heterocycles. The zero-order chi connectivity index (χ0) is 11.7. The number of benzene rings is 1. The van der Waals surface area contributed by atoms with E-state index < -0.39 is 11.9 Å². The molecule has 0 aliphatic carbocycles. The Labute approximate surface area is 117 Å². The van der Waals surface area contributed by atoms with Crippen molar-refractivity contribution in [1.29, 1.82) is 0 Å². The first-order chi connectivity index (χ1) is 7.02. The van der Waals surface area contributed by atoms with E-state index in [1.54, 1.807) is 0 Å². The molecule has 0 aliphatic rings. The van der Waals surface area contributed by atoms with E-state index in [2.05, 4.69) is 5.32 Å². The van der Waals surface area contributed by atoms with E-state index in [1.165, 1.54) is 0 Å². The maximum Gasteiger partial charge on any atom is 1.00 e. The Morgan fingerprint density at radius 1 is 1.25 bits per heavy atom. The van der Waals surface area contributed by atoms with Crippen LogP contribution in [0.5, 0.6) is 0 Å². The molecule has 0 radical (unpaired) electrons. The molecule has 0 saturated carbocycles. The summed E-state index contributed by atoms with van der Waals surface area (Å²) in [4.78, 5) is 19.1. The molecule has 0 saturated heterocycles. The number of carboxylic acid groups (broad SMARTS) is 2. The molecule has 0 atom stereocenters. The van der Waals surface area contributed by atoms with Crippen LogP contribution in [-0.2, 0) is 9.59 Å². The Balaban J connectivity index is -0.000000289. The Bertz CT molecular complexity index is 317. The van der Waals surface area contributed by atoms with Crippen LogP contribution in [0.15, 0.2) is 30.3 Å². The van der Waals surface area contributed by atoms with Crippen LogP contribution in [0.25, 0.3) is 0 Å². The number of hydrogen-bond donors (Lipinski definition) is 3. The molecular formula is C10H14NNaO4. The zero-order valence-electron chi connectivity index (χ0n) is 10.3. The van der Waals surface area contributed by atoms with Crippen molar-refractivity contribution >= 4 is 17.6 Å². The van der Waals surface area contributed by atoms with Gasteiger partial charge in [-0.3, -0.25) is 9.59 Å².